The molecule has 0 aliphatic heterocycles. The van der Waals surface area contributed by atoms with Gasteiger partial charge in [-0.05, 0) is 38.3 Å². The first-order valence-corrected chi connectivity index (χ1v) is 4.47. The quantitative estimate of drug-likeness (QED) is 0.620. The average molecular weight is 141 g/mol. The third-order valence-corrected chi connectivity index (χ3v) is 2.63. The maximum Gasteiger partial charge on any atom is -0.00235 e. The van der Waals surface area contributed by atoms with E-state index in [1.54, 1.807) is 0 Å². The molecule has 1 aliphatic rings. The van der Waals surface area contributed by atoms with Crippen LogP contribution >= 0.6 is 0 Å². The highest BCUT2D eigenvalue weighted by molar-refractivity contribution is 4.70. The van der Waals surface area contributed by atoms with Crippen LogP contribution in [0.5, 0.6) is 0 Å². The van der Waals surface area contributed by atoms with Gasteiger partial charge in [0.2, 0.25) is 0 Å². The highest BCUT2D eigenvalue weighted by atomic mass is 14.8. The van der Waals surface area contributed by atoms with E-state index in [2.05, 4.69) is 19.3 Å². The minimum Gasteiger partial charge on any atom is -0.319 e. The van der Waals surface area contributed by atoms with Gasteiger partial charge in [-0.15, -0.1) is 0 Å². The number of nitrogens with one attached hydrogen (secondary N) is 1. The molecule has 1 saturated carbocycles. The first-order chi connectivity index (χ1) is 4.83. The zero-order valence-electron chi connectivity index (χ0n) is 7.19. The second-order valence-electron chi connectivity index (χ2n) is 3.68. The van der Waals surface area contributed by atoms with Crippen LogP contribution in [0.25, 0.3) is 0 Å². The van der Waals surface area contributed by atoms with Gasteiger partial charge in [-0.25, -0.2) is 0 Å². The largest absolute Gasteiger partial charge is 0.319 e. The molecule has 0 atom stereocenters. The monoisotopic (exact) mass is 141 g/mol. The molecule has 1 fully saturated rings. The normalized spacial score (nSPS) is 34.2. The fourth-order valence-electron chi connectivity index (χ4n) is 1.82. The van der Waals surface area contributed by atoms with Gasteiger partial charge in [0.1, 0.15) is 0 Å². The van der Waals surface area contributed by atoms with Crippen LogP contribution in [-0.2, 0) is 0 Å². The Morgan fingerprint density at radius 1 is 1.20 bits per heavy atom. The Balaban J connectivity index is 2.13. The fourth-order valence-corrected chi connectivity index (χ4v) is 1.82. The van der Waals surface area contributed by atoms with Crippen molar-refractivity contribution in [3.63, 3.8) is 0 Å². The van der Waals surface area contributed by atoms with Crippen molar-refractivity contribution < 1.29 is 0 Å². The van der Waals surface area contributed by atoms with Crippen molar-refractivity contribution in [2.24, 2.45) is 11.8 Å². The van der Waals surface area contributed by atoms with Crippen molar-refractivity contribution in [3.05, 3.63) is 0 Å². The van der Waals surface area contributed by atoms with Gasteiger partial charge in [-0.1, -0.05) is 19.8 Å². The van der Waals surface area contributed by atoms with E-state index >= 15 is 0 Å². The molecule has 1 nitrogen and oxygen atoms in total. The average Bonchev–Trinajstić information content (AvgIpc) is 1.95. The van der Waals surface area contributed by atoms with Gasteiger partial charge in [0, 0.05) is 0 Å². The van der Waals surface area contributed by atoms with Crippen LogP contribution in [0.4, 0.5) is 0 Å². The molecule has 0 aromatic rings. The fraction of sp³-hybridized carbons (Fsp3) is 1.00. The van der Waals surface area contributed by atoms with Crippen LogP contribution in [0.1, 0.15) is 32.6 Å². The molecule has 1 heteroatoms. The van der Waals surface area contributed by atoms with Gasteiger partial charge in [0.15, 0.2) is 0 Å². The van der Waals surface area contributed by atoms with E-state index in [4.69, 9.17) is 0 Å². The SMILES string of the molecule is CNC[C@H]1CC[C@H](C)CC1. The molecule has 0 spiro atoms. The van der Waals surface area contributed by atoms with Crippen LogP contribution in [-0.4, -0.2) is 13.6 Å². The molecule has 0 radical (unpaired) electrons. The lowest BCUT2D eigenvalue weighted by Crippen LogP contribution is -2.22. The Hall–Kier alpha value is -0.0400. The minimum atomic E-state index is 0.973. The summed E-state index contributed by atoms with van der Waals surface area (Å²) in [5, 5.41) is 3.25. The van der Waals surface area contributed by atoms with Gasteiger partial charge in [-0.3, -0.25) is 0 Å². The van der Waals surface area contributed by atoms with Gasteiger partial charge in [0.05, 0.1) is 0 Å². The Morgan fingerprint density at radius 3 is 2.30 bits per heavy atom. The van der Waals surface area contributed by atoms with Gasteiger partial charge in [0.25, 0.3) is 0 Å². The van der Waals surface area contributed by atoms with Crippen molar-refractivity contribution in [3.8, 4) is 0 Å². The van der Waals surface area contributed by atoms with Crippen LogP contribution in [0.3, 0.4) is 0 Å². The van der Waals surface area contributed by atoms with Crippen LogP contribution < -0.4 is 5.32 Å². The standard InChI is InChI=1S/C9H19N/c1-8-3-5-9(6-4-8)7-10-2/h8-10H,3-7H2,1-2H3/t8-,9-. The Labute approximate surface area is 64.2 Å². The Kier molecular flexibility index (Phi) is 3.20. The third-order valence-electron chi connectivity index (χ3n) is 2.63. The van der Waals surface area contributed by atoms with E-state index < -0.39 is 0 Å². The van der Waals surface area contributed by atoms with Gasteiger partial charge in [-0.2, -0.15) is 0 Å². The predicted molar refractivity (Wildman–Crippen MR) is 45.0 cm³/mol. The summed E-state index contributed by atoms with van der Waals surface area (Å²) in [5.41, 5.74) is 0. The predicted octanol–water partition coefficient (Wildman–Crippen LogP) is 2.03. The topological polar surface area (TPSA) is 12.0 Å². The molecule has 1 N–H and O–H groups in total. The molecule has 0 saturated heterocycles. The van der Waals surface area contributed by atoms with Crippen molar-refractivity contribution in [1.29, 1.82) is 0 Å². The second-order valence-corrected chi connectivity index (χ2v) is 3.68. The molecule has 1 rings (SSSR count). The molecule has 0 heterocycles. The lowest BCUT2D eigenvalue weighted by atomic mass is 9.83. The smallest absolute Gasteiger partial charge is 0.00235 e. The van der Waals surface area contributed by atoms with Gasteiger partial charge < -0.3 is 5.32 Å². The van der Waals surface area contributed by atoms with Crippen molar-refractivity contribution >= 4 is 0 Å². The zero-order chi connectivity index (χ0) is 7.40. The number of hydrogen-bond acceptors (Lipinski definition) is 1. The summed E-state index contributed by atoms with van der Waals surface area (Å²) >= 11 is 0. The Bertz CT molecular complexity index is 82.7. The summed E-state index contributed by atoms with van der Waals surface area (Å²) in [6.45, 7) is 3.60. The highest BCUT2D eigenvalue weighted by Crippen LogP contribution is 2.27. The van der Waals surface area contributed by atoms with E-state index in [1.807, 2.05) is 0 Å². The lowest BCUT2D eigenvalue weighted by Gasteiger charge is -2.25. The molecular weight excluding hydrogens is 122 g/mol. The second kappa shape index (κ2) is 3.97. The van der Waals surface area contributed by atoms with Gasteiger partial charge >= 0.3 is 0 Å². The summed E-state index contributed by atoms with van der Waals surface area (Å²) < 4.78 is 0. The molecule has 0 aromatic carbocycles. The van der Waals surface area contributed by atoms with Crippen molar-refractivity contribution in [1.82, 2.24) is 5.32 Å². The van der Waals surface area contributed by atoms with E-state index in [9.17, 15) is 0 Å². The maximum atomic E-state index is 3.25. The van der Waals surface area contributed by atoms with E-state index in [-0.39, 0.29) is 0 Å². The lowest BCUT2D eigenvalue weighted by molar-refractivity contribution is 0.286. The summed E-state index contributed by atoms with van der Waals surface area (Å²) in [6.07, 6.45) is 5.79. The zero-order valence-corrected chi connectivity index (χ0v) is 7.19. The molecular formula is C9H19N. The summed E-state index contributed by atoms with van der Waals surface area (Å²) in [7, 11) is 2.05. The van der Waals surface area contributed by atoms with E-state index in [0.29, 0.717) is 0 Å². The first kappa shape index (κ1) is 8.06. The molecule has 10 heavy (non-hydrogen) atoms. The number of hydrogen-bond donors (Lipinski definition) is 1. The highest BCUT2D eigenvalue weighted by Gasteiger charge is 2.16. The molecule has 0 bridgehead atoms. The summed E-state index contributed by atoms with van der Waals surface area (Å²) in [6, 6.07) is 0. The first-order valence-electron chi connectivity index (χ1n) is 4.47. The molecule has 0 aromatic heterocycles. The van der Waals surface area contributed by atoms with Crippen LogP contribution in [0.2, 0.25) is 0 Å². The minimum absolute atomic E-state index is 0.973. The molecule has 0 unspecified atom stereocenters. The Morgan fingerprint density at radius 2 is 1.80 bits per heavy atom. The van der Waals surface area contributed by atoms with E-state index in [0.717, 1.165) is 11.8 Å². The summed E-state index contributed by atoms with van der Waals surface area (Å²) in [4.78, 5) is 0. The van der Waals surface area contributed by atoms with Crippen LogP contribution in [0.15, 0.2) is 0 Å². The molecule has 0 amide bonds. The van der Waals surface area contributed by atoms with Crippen molar-refractivity contribution in [2.45, 2.75) is 32.6 Å². The van der Waals surface area contributed by atoms with Crippen molar-refractivity contribution in [2.75, 3.05) is 13.6 Å². The molecule has 1 aliphatic carbocycles. The van der Waals surface area contributed by atoms with E-state index in [1.165, 1.54) is 32.2 Å². The maximum absolute atomic E-state index is 3.25. The molecule has 60 valence electrons. The third kappa shape index (κ3) is 2.30. The van der Waals surface area contributed by atoms with Crippen LogP contribution in [0, 0.1) is 11.8 Å². The number of rotatable bonds is 2. The summed E-state index contributed by atoms with van der Waals surface area (Å²) in [5.74, 6) is 1.97.